The van der Waals surface area contributed by atoms with E-state index in [-0.39, 0.29) is 25.0 Å². The molecule has 0 bridgehead atoms. The molecule has 22 heavy (non-hydrogen) atoms. The molecule has 1 aromatic carbocycles. The second-order valence-electron chi connectivity index (χ2n) is 5.44. The van der Waals surface area contributed by atoms with Crippen LogP contribution in [0.3, 0.4) is 0 Å². The van der Waals surface area contributed by atoms with Gasteiger partial charge in [0.2, 0.25) is 0 Å². The lowest BCUT2D eigenvalue weighted by molar-refractivity contribution is -0.142. The van der Waals surface area contributed by atoms with E-state index in [1.54, 1.807) is 31.4 Å². The number of rotatable bonds is 9. The van der Waals surface area contributed by atoms with Crippen molar-refractivity contribution in [2.45, 2.75) is 20.3 Å². The van der Waals surface area contributed by atoms with Crippen LogP contribution in [0, 0.1) is 11.8 Å². The van der Waals surface area contributed by atoms with Crippen LogP contribution in [0.25, 0.3) is 0 Å². The maximum atomic E-state index is 11.7. The van der Waals surface area contributed by atoms with E-state index < -0.39 is 11.9 Å². The van der Waals surface area contributed by atoms with E-state index in [0.717, 1.165) is 0 Å². The molecular formula is C16H23NO5. The number of hydrogen-bond donors (Lipinski definition) is 2. The lowest BCUT2D eigenvalue weighted by atomic mass is 9.97. The standard InChI is InChI=1S/C16H23NO5/c1-11(2)7-12(16(19)20)9-17-15(18)10-22-14-6-4-5-13(8-14)21-3/h4-6,8,11-12H,7,9-10H2,1-3H3,(H,17,18)(H,19,20). The Balaban J connectivity index is 2.40. The first-order chi connectivity index (χ1) is 10.4. The van der Waals surface area contributed by atoms with Crippen LogP contribution >= 0.6 is 0 Å². The van der Waals surface area contributed by atoms with Crippen molar-refractivity contribution in [2.24, 2.45) is 11.8 Å². The summed E-state index contributed by atoms with van der Waals surface area (Å²) in [6.45, 7) is 3.84. The Morgan fingerprint density at radius 2 is 1.95 bits per heavy atom. The molecule has 1 atom stereocenters. The van der Waals surface area contributed by atoms with Gasteiger partial charge in [0.05, 0.1) is 13.0 Å². The molecule has 6 nitrogen and oxygen atoms in total. The van der Waals surface area contributed by atoms with Gasteiger partial charge in [0, 0.05) is 12.6 Å². The third-order valence-electron chi connectivity index (χ3n) is 3.06. The van der Waals surface area contributed by atoms with Crippen LogP contribution in [-0.2, 0) is 9.59 Å². The maximum absolute atomic E-state index is 11.7. The Bertz CT molecular complexity index is 501. The third-order valence-corrected chi connectivity index (χ3v) is 3.06. The molecule has 0 aliphatic carbocycles. The minimum atomic E-state index is -0.900. The average molecular weight is 309 g/mol. The number of carbonyl (C=O) groups excluding carboxylic acids is 1. The number of carboxylic acid groups (broad SMARTS) is 1. The molecule has 0 radical (unpaired) electrons. The molecule has 1 amide bonds. The van der Waals surface area contributed by atoms with Crippen LogP contribution in [-0.4, -0.2) is 37.2 Å². The van der Waals surface area contributed by atoms with Crippen molar-refractivity contribution in [3.63, 3.8) is 0 Å². The van der Waals surface area contributed by atoms with Crippen LogP contribution in [0.5, 0.6) is 11.5 Å². The highest BCUT2D eigenvalue weighted by molar-refractivity contribution is 5.78. The van der Waals surface area contributed by atoms with Crippen LogP contribution in [0.1, 0.15) is 20.3 Å². The Hall–Kier alpha value is -2.24. The molecule has 6 heteroatoms. The number of nitrogens with one attached hydrogen (secondary N) is 1. The second-order valence-corrected chi connectivity index (χ2v) is 5.44. The van der Waals surface area contributed by atoms with Crippen molar-refractivity contribution in [2.75, 3.05) is 20.3 Å². The van der Waals surface area contributed by atoms with Crippen LogP contribution in [0.15, 0.2) is 24.3 Å². The van der Waals surface area contributed by atoms with Crippen molar-refractivity contribution < 1.29 is 24.2 Å². The van der Waals surface area contributed by atoms with E-state index in [0.29, 0.717) is 17.9 Å². The first-order valence-corrected chi connectivity index (χ1v) is 7.18. The minimum Gasteiger partial charge on any atom is -0.497 e. The van der Waals surface area contributed by atoms with Gasteiger partial charge in [0.1, 0.15) is 11.5 Å². The number of carbonyl (C=O) groups is 2. The smallest absolute Gasteiger partial charge is 0.308 e. The Morgan fingerprint density at radius 3 is 2.55 bits per heavy atom. The number of carboxylic acids is 1. The summed E-state index contributed by atoms with van der Waals surface area (Å²) in [6, 6.07) is 6.92. The van der Waals surface area contributed by atoms with Crippen molar-refractivity contribution in [1.82, 2.24) is 5.32 Å². The van der Waals surface area contributed by atoms with Gasteiger partial charge in [0.25, 0.3) is 5.91 Å². The molecule has 0 aliphatic heterocycles. The van der Waals surface area contributed by atoms with E-state index in [9.17, 15) is 9.59 Å². The molecule has 0 saturated heterocycles. The highest BCUT2D eigenvalue weighted by Crippen LogP contribution is 2.18. The highest BCUT2D eigenvalue weighted by Gasteiger charge is 2.19. The van der Waals surface area contributed by atoms with Gasteiger partial charge >= 0.3 is 5.97 Å². The SMILES string of the molecule is COc1cccc(OCC(=O)NCC(CC(C)C)C(=O)O)c1. The molecule has 1 unspecified atom stereocenters. The molecule has 2 N–H and O–H groups in total. The number of methoxy groups -OCH3 is 1. The zero-order valence-electron chi connectivity index (χ0n) is 13.2. The van der Waals surface area contributed by atoms with Crippen LogP contribution < -0.4 is 14.8 Å². The van der Waals surface area contributed by atoms with Gasteiger partial charge in [-0.25, -0.2) is 0 Å². The summed E-state index contributed by atoms with van der Waals surface area (Å²) in [5.41, 5.74) is 0. The highest BCUT2D eigenvalue weighted by atomic mass is 16.5. The summed E-state index contributed by atoms with van der Waals surface area (Å²) < 4.78 is 10.4. The number of aliphatic carboxylic acids is 1. The maximum Gasteiger partial charge on any atom is 0.308 e. The fraction of sp³-hybridized carbons (Fsp3) is 0.500. The third kappa shape index (κ3) is 6.47. The van der Waals surface area contributed by atoms with Crippen molar-refractivity contribution in [3.05, 3.63) is 24.3 Å². The molecule has 0 spiro atoms. The Labute approximate surface area is 130 Å². The largest absolute Gasteiger partial charge is 0.497 e. The van der Waals surface area contributed by atoms with Crippen molar-refractivity contribution >= 4 is 11.9 Å². The number of hydrogen-bond acceptors (Lipinski definition) is 4. The van der Waals surface area contributed by atoms with Crippen LogP contribution in [0.2, 0.25) is 0 Å². The van der Waals surface area contributed by atoms with Gasteiger partial charge in [-0.05, 0) is 24.5 Å². The van der Waals surface area contributed by atoms with Crippen molar-refractivity contribution in [1.29, 1.82) is 0 Å². The molecule has 1 aromatic rings. The lowest BCUT2D eigenvalue weighted by Gasteiger charge is -2.15. The summed E-state index contributed by atoms with van der Waals surface area (Å²) >= 11 is 0. The van der Waals surface area contributed by atoms with Gasteiger partial charge in [-0.15, -0.1) is 0 Å². The second kappa shape index (κ2) is 8.92. The summed E-state index contributed by atoms with van der Waals surface area (Å²) in [5.74, 6) is -0.417. The number of amides is 1. The zero-order valence-corrected chi connectivity index (χ0v) is 13.2. The van der Waals surface area contributed by atoms with Gasteiger partial charge in [-0.3, -0.25) is 9.59 Å². The molecule has 0 saturated carbocycles. The fourth-order valence-electron chi connectivity index (χ4n) is 1.97. The summed E-state index contributed by atoms with van der Waals surface area (Å²) in [7, 11) is 1.55. The number of ether oxygens (including phenoxy) is 2. The number of benzene rings is 1. The summed E-state index contributed by atoms with van der Waals surface area (Å²) in [6.07, 6.45) is 0.520. The first kappa shape index (κ1) is 17.8. The van der Waals surface area contributed by atoms with E-state index in [1.807, 2.05) is 13.8 Å². The normalized spacial score (nSPS) is 11.8. The molecule has 0 aromatic heterocycles. The van der Waals surface area contributed by atoms with E-state index >= 15 is 0 Å². The van der Waals surface area contributed by atoms with Crippen LogP contribution in [0.4, 0.5) is 0 Å². The monoisotopic (exact) mass is 309 g/mol. The molecule has 0 heterocycles. The fourth-order valence-corrected chi connectivity index (χ4v) is 1.97. The Morgan fingerprint density at radius 1 is 1.27 bits per heavy atom. The minimum absolute atomic E-state index is 0.105. The van der Waals surface area contributed by atoms with E-state index in [1.165, 1.54) is 0 Å². The predicted molar refractivity (Wildman–Crippen MR) is 82.1 cm³/mol. The lowest BCUT2D eigenvalue weighted by Crippen LogP contribution is -2.36. The topological polar surface area (TPSA) is 84.9 Å². The quantitative estimate of drug-likeness (QED) is 0.728. The van der Waals surface area contributed by atoms with Crippen molar-refractivity contribution in [3.8, 4) is 11.5 Å². The molecule has 1 rings (SSSR count). The Kier molecular flexibility index (Phi) is 7.22. The average Bonchev–Trinajstić information content (AvgIpc) is 2.49. The van der Waals surface area contributed by atoms with Gasteiger partial charge < -0.3 is 19.9 Å². The molecule has 122 valence electrons. The van der Waals surface area contributed by atoms with E-state index in [2.05, 4.69) is 5.32 Å². The molecule has 0 fully saturated rings. The van der Waals surface area contributed by atoms with Gasteiger partial charge in [0.15, 0.2) is 6.61 Å². The molecular weight excluding hydrogens is 286 g/mol. The summed E-state index contributed by atoms with van der Waals surface area (Å²) in [5, 5.41) is 11.7. The predicted octanol–water partition coefficient (Wildman–Crippen LogP) is 1.94. The van der Waals surface area contributed by atoms with Gasteiger partial charge in [-0.2, -0.15) is 0 Å². The van der Waals surface area contributed by atoms with E-state index in [4.69, 9.17) is 14.6 Å². The first-order valence-electron chi connectivity index (χ1n) is 7.18. The zero-order chi connectivity index (χ0) is 16.5. The van der Waals surface area contributed by atoms with Gasteiger partial charge in [-0.1, -0.05) is 19.9 Å². The summed E-state index contributed by atoms with van der Waals surface area (Å²) in [4.78, 5) is 22.8. The molecule has 0 aliphatic rings.